The zero-order chi connectivity index (χ0) is 19.9. The van der Waals surface area contributed by atoms with Crippen LogP contribution in [0, 0.1) is 0 Å². The molecule has 0 amide bonds. The van der Waals surface area contributed by atoms with Crippen molar-refractivity contribution < 1.29 is 10.2 Å². The average Bonchev–Trinajstić information content (AvgIpc) is 2.99. The molecule has 1 aromatic rings. The van der Waals surface area contributed by atoms with E-state index in [2.05, 4.69) is 26.8 Å². The summed E-state index contributed by atoms with van der Waals surface area (Å²) in [6.07, 6.45) is 19.8. The summed E-state index contributed by atoms with van der Waals surface area (Å²) in [6, 6.07) is 3.24. The highest BCUT2D eigenvalue weighted by atomic mass is 16.3. The van der Waals surface area contributed by atoms with Crippen molar-refractivity contribution in [3.63, 3.8) is 0 Å². The van der Waals surface area contributed by atoms with Crippen molar-refractivity contribution in [3.8, 4) is 11.8 Å². The molecule has 1 rings (SSSR count). The Morgan fingerprint density at radius 3 is 1.85 bits per heavy atom. The van der Waals surface area contributed by atoms with E-state index in [1.54, 1.807) is 16.7 Å². The molecular formula is C24H43NO2. The molecule has 1 atom stereocenters. The monoisotopic (exact) mass is 377 g/mol. The third-order valence-electron chi connectivity index (χ3n) is 5.57. The molecule has 1 aromatic heterocycles. The molecule has 0 aliphatic rings. The first kappa shape index (κ1) is 23.7. The van der Waals surface area contributed by atoms with Gasteiger partial charge in [-0.1, -0.05) is 96.1 Å². The lowest BCUT2D eigenvalue weighted by atomic mass is 9.98. The van der Waals surface area contributed by atoms with Crippen LogP contribution in [0.3, 0.4) is 0 Å². The normalized spacial score (nSPS) is 13.2. The fourth-order valence-corrected chi connectivity index (χ4v) is 3.82. The Kier molecular flexibility index (Phi) is 12.8. The number of allylic oxidation sites excluding steroid dienone is 2. The maximum absolute atomic E-state index is 10.2. The molecule has 0 aromatic carbocycles. The highest BCUT2D eigenvalue weighted by Crippen LogP contribution is 2.34. The Morgan fingerprint density at radius 2 is 1.30 bits per heavy atom. The van der Waals surface area contributed by atoms with Crippen LogP contribution < -0.4 is 0 Å². The van der Waals surface area contributed by atoms with Gasteiger partial charge in [0.2, 0.25) is 0 Å². The van der Waals surface area contributed by atoms with Crippen LogP contribution in [0.1, 0.15) is 117 Å². The van der Waals surface area contributed by atoms with Crippen molar-refractivity contribution in [3.05, 3.63) is 23.8 Å². The summed E-state index contributed by atoms with van der Waals surface area (Å²) in [5, 5.41) is 20.4. The molecule has 3 nitrogen and oxygen atoms in total. The van der Waals surface area contributed by atoms with Gasteiger partial charge in [-0.05, 0) is 26.2 Å². The molecule has 0 spiro atoms. The minimum atomic E-state index is 0.0614. The van der Waals surface area contributed by atoms with Gasteiger partial charge < -0.3 is 10.2 Å². The standard InChI is InChI=1S/C24H43NO2/c1-4-6-8-10-12-13-15-17-21(3)22(18-16-14-11-9-7-5-2)25-23(26)19-20-24(25)27/h17,19-20,22,26-27H,4-16,18H2,1-3H3. The van der Waals surface area contributed by atoms with Crippen LogP contribution in [0.15, 0.2) is 23.8 Å². The van der Waals surface area contributed by atoms with E-state index in [1.165, 1.54) is 76.2 Å². The average molecular weight is 378 g/mol. The van der Waals surface area contributed by atoms with E-state index in [4.69, 9.17) is 0 Å². The van der Waals surface area contributed by atoms with E-state index in [9.17, 15) is 10.2 Å². The highest BCUT2D eigenvalue weighted by molar-refractivity contribution is 5.28. The van der Waals surface area contributed by atoms with Gasteiger partial charge in [0, 0.05) is 12.1 Å². The third kappa shape index (κ3) is 9.39. The van der Waals surface area contributed by atoms with Gasteiger partial charge in [-0.25, -0.2) is 0 Å². The smallest absolute Gasteiger partial charge is 0.194 e. The first-order valence-electron chi connectivity index (χ1n) is 11.4. The molecule has 0 radical (unpaired) electrons. The maximum Gasteiger partial charge on any atom is 0.194 e. The molecule has 0 aliphatic carbocycles. The van der Waals surface area contributed by atoms with Gasteiger partial charge in [0.05, 0.1) is 6.04 Å². The second-order valence-electron chi connectivity index (χ2n) is 8.00. The molecular weight excluding hydrogens is 334 g/mol. The van der Waals surface area contributed by atoms with Gasteiger partial charge in [-0.2, -0.15) is 0 Å². The van der Waals surface area contributed by atoms with E-state index < -0.39 is 0 Å². The predicted molar refractivity (Wildman–Crippen MR) is 117 cm³/mol. The van der Waals surface area contributed by atoms with Crippen molar-refractivity contribution in [2.24, 2.45) is 0 Å². The van der Waals surface area contributed by atoms with Gasteiger partial charge >= 0.3 is 0 Å². The van der Waals surface area contributed by atoms with E-state index in [0.29, 0.717) is 0 Å². The van der Waals surface area contributed by atoms with Gasteiger partial charge in [0.15, 0.2) is 11.8 Å². The molecule has 0 saturated heterocycles. The Labute approximate surface area is 167 Å². The molecule has 0 saturated carbocycles. The number of unbranched alkanes of at least 4 members (excludes halogenated alkanes) is 11. The number of aromatic nitrogens is 1. The van der Waals surface area contributed by atoms with Crippen LogP contribution in [0.25, 0.3) is 0 Å². The van der Waals surface area contributed by atoms with Crippen LogP contribution >= 0.6 is 0 Å². The van der Waals surface area contributed by atoms with Gasteiger partial charge in [-0.15, -0.1) is 0 Å². The topological polar surface area (TPSA) is 45.4 Å². The third-order valence-corrected chi connectivity index (χ3v) is 5.57. The summed E-state index contributed by atoms with van der Waals surface area (Å²) in [4.78, 5) is 0. The number of aromatic hydroxyl groups is 2. The van der Waals surface area contributed by atoms with Crippen molar-refractivity contribution in [2.45, 2.75) is 117 Å². The number of nitrogens with zero attached hydrogens (tertiary/aromatic N) is 1. The van der Waals surface area contributed by atoms with Crippen molar-refractivity contribution in [2.75, 3.05) is 0 Å². The Balaban J connectivity index is 2.55. The lowest BCUT2D eigenvalue weighted by molar-refractivity contribution is 0.336. The minimum Gasteiger partial charge on any atom is -0.494 e. The van der Waals surface area contributed by atoms with Crippen molar-refractivity contribution in [1.82, 2.24) is 4.57 Å². The fourth-order valence-electron chi connectivity index (χ4n) is 3.82. The maximum atomic E-state index is 10.2. The molecule has 0 aliphatic heterocycles. The summed E-state index contributed by atoms with van der Waals surface area (Å²) in [7, 11) is 0. The SMILES string of the molecule is CCCCCCCCC=C(C)C(CCCCCCCC)n1c(O)ccc1O. The second-order valence-corrected chi connectivity index (χ2v) is 8.00. The molecule has 27 heavy (non-hydrogen) atoms. The van der Waals surface area contributed by atoms with Gasteiger partial charge in [0.25, 0.3) is 0 Å². The van der Waals surface area contributed by atoms with Crippen LogP contribution in [0.5, 0.6) is 11.8 Å². The Morgan fingerprint density at radius 1 is 0.815 bits per heavy atom. The molecule has 1 heterocycles. The Bertz CT molecular complexity index is 499. The molecule has 1 unspecified atom stereocenters. The summed E-state index contributed by atoms with van der Waals surface area (Å²) < 4.78 is 1.69. The van der Waals surface area contributed by atoms with E-state index in [-0.39, 0.29) is 17.8 Å². The van der Waals surface area contributed by atoms with Gasteiger partial charge in [0.1, 0.15) is 0 Å². The summed E-state index contributed by atoms with van der Waals surface area (Å²) in [5.41, 5.74) is 1.26. The van der Waals surface area contributed by atoms with Crippen molar-refractivity contribution >= 4 is 0 Å². The lowest BCUT2D eigenvalue weighted by Gasteiger charge is -2.22. The second kappa shape index (κ2) is 14.6. The molecule has 2 N–H and O–H groups in total. The number of hydrogen-bond acceptors (Lipinski definition) is 2. The highest BCUT2D eigenvalue weighted by Gasteiger charge is 2.18. The molecule has 0 bridgehead atoms. The molecule has 3 heteroatoms. The zero-order valence-corrected chi connectivity index (χ0v) is 18.1. The summed E-state index contributed by atoms with van der Waals surface area (Å²) >= 11 is 0. The molecule has 156 valence electrons. The van der Waals surface area contributed by atoms with E-state index >= 15 is 0 Å². The van der Waals surface area contributed by atoms with Crippen LogP contribution in [-0.2, 0) is 0 Å². The first-order valence-corrected chi connectivity index (χ1v) is 11.4. The van der Waals surface area contributed by atoms with Crippen LogP contribution in [0.2, 0.25) is 0 Å². The zero-order valence-electron chi connectivity index (χ0n) is 18.1. The quantitative estimate of drug-likeness (QED) is 0.227. The summed E-state index contributed by atoms with van der Waals surface area (Å²) in [5.74, 6) is 0.326. The van der Waals surface area contributed by atoms with Crippen LogP contribution in [-0.4, -0.2) is 14.8 Å². The number of rotatable bonds is 16. The van der Waals surface area contributed by atoms with E-state index in [0.717, 1.165) is 19.3 Å². The van der Waals surface area contributed by atoms with Crippen LogP contribution in [0.4, 0.5) is 0 Å². The summed E-state index contributed by atoms with van der Waals surface area (Å²) in [6.45, 7) is 6.64. The molecule has 0 fully saturated rings. The number of hydrogen-bond donors (Lipinski definition) is 2. The van der Waals surface area contributed by atoms with Crippen molar-refractivity contribution in [1.29, 1.82) is 0 Å². The lowest BCUT2D eigenvalue weighted by Crippen LogP contribution is -2.10. The van der Waals surface area contributed by atoms with Gasteiger partial charge in [-0.3, -0.25) is 4.57 Å². The fraction of sp³-hybridized carbons (Fsp3) is 0.750. The largest absolute Gasteiger partial charge is 0.494 e. The minimum absolute atomic E-state index is 0.0614. The Hall–Kier alpha value is -1.38. The predicted octanol–water partition coefficient (Wildman–Crippen LogP) is 7.89. The first-order chi connectivity index (χ1) is 13.1. The van der Waals surface area contributed by atoms with E-state index in [1.807, 2.05) is 0 Å².